The van der Waals surface area contributed by atoms with E-state index >= 15 is 0 Å². The maximum atomic E-state index is 5.92. The van der Waals surface area contributed by atoms with Gasteiger partial charge in [-0.2, -0.15) is 0 Å². The highest BCUT2D eigenvalue weighted by molar-refractivity contribution is 5.05. The Morgan fingerprint density at radius 2 is 2.14 bits per heavy atom. The van der Waals surface area contributed by atoms with E-state index in [1.165, 1.54) is 19.3 Å². The van der Waals surface area contributed by atoms with E-state index in [-0.39, 0.29) is 11.6 Å². The Labute approximate surface area is 125 Å². The van der Waals surface area contributed by atoms with E-state index in [0.717, 1.165) is 19.8 Å². The standard InChI is InChI=1S/C15H24N4O2/c1-14(2)9-15(10-21-14)5-11(6-15)17-12-7-20-8-13(12)19-4-3-16-18-19/h3-4,11-13,17H,5-10H2,1-2H3/t11?,12-,13+,15?/m1/s1. The van der Waals surface area contributed by atoms with Gasteiger partial charge in [0.1, 0.15) is 0 Å². The smallest absolute Gasteiger partial charge is 0.0945 e. The molecule has 1 aromatic rings. The molecular weight excluding hydrogens is 268 g/mol. The van der Waals surface area contributed by atoms with E-state index in [4.69, 9.17) is 9.47 Å². The fourth-order valence-electron chi connectivity index (χ4n) is 4.38. The zero-order valence-corrected chi connectivity index (χ0v) is 12.8. The first kappa shape index (κ1) is 13.7. The summed E-state index contributed by atoms with van der Waals surface area (Å²) in [6.07, 6.45) is 7.27. The maximum Gasteiger partial charge on any atom is 0.0945 e. The third-order valence-corrected chi connectivity index (χ3v) is 5.21. The fraction of sp³-hybridized carbons (Fsp3) is 0.867. The monoisotopic (exact) mass is 292 g/mol. The normalized spacial score (nSPS) is 41.5. The summed E-state index contributed by atoms with van der Waals surface area (Å²) in [6, 6.07) is 1.19. The topological polar surface area (TPSA) is 61.2 Å². The Hall–Kier alpha value is -0.980. The highest BCUT2D eigenvalue weighted by Crippen LogP contribution is 2.52. The van der Waals surface area contributed by atoms with Crippen LogP contribution < -0.4 is 5.32 Å². The molecule has 0 amide bonds. The van der Waals surface area contributed by atoms with Crippen LogP contribution in [0.5, 0.6) is 0 Å². The van der Waals surface area contributed by atoms with Crippen LogP contribution >= 0.6 is 0 Å². The van der Waals surface area contributed by atoms with Crippen molar-refractivity contribution in [2.24, 2.45) is 5.41 Å². The lowest BCUT2D eigenvalue weighted by atomic mass is 9.63. The average Bonchev–Trinajstić information content (AvgIpc) is 3.07. The quantitative estimate of drug-likeness (QED) is 0.905. The highest BCUT2D eigenvalue weighted by Gasteiger charge is 2.53. The van der Waals surface area contributed by atoms with Crippen LogP contribution in [-0.4, -0.2) is 52.5 Å². The third-order valence-electron chi connectivity index (χ3n) is 5.21. The van der Waals surface area contributed by atoms with Crippen molar-refractivity contribution in [2.75, 3.05) is 19.8 Å². The van der Waals surface area contributed by atoms with E-state index in [9.17, 15) is 0 Å². The van der Waals surface area contributed by atoms with Crippen LogP contribution in [0, 0.1) is 5.41 Å². The molecule has 2 atom stereocenters. The summed E-state index contributed by atoms with van der Waals surface area (Å²) in [6.45, 7) is 6.80. The lowest BCUT2D eigenvalue weighted by Gasteiger charge is -2.46. The van der Waals surface area contributed by atoms with Gasteiger partial charge in [-0.1, -0.05) is 5.21 Å². The summed E-state index contributed by atoms with van der Waals surface area (Å²) in [5.41, 5.74) is 0.480. The molecule has 21 heavy (non-hydrogen) atoms. The number of aromatic nitrogens is 3. The lowest BCUT2D eigenvalue weighted by molar-refractivity contribution is 0.0160. The maximum absolute atomic E-state index is 5.92. The molecule has 3 fully saturated rings. The lowest BCUT2D eigenvalue weighted by Crippen LogP contribution is -2.54. The molecule has 6 heteroatoms. The molecule has 3 aliphatic rings. The minimum Gasteiger partial charge on any atom is -0.377 e. The molecule has 1 spiro atoms. The predicted octanol–water partition coefficient (Wildman–Crippen LogP) is 1.16. The summed E-state index contributed by atoms with van der Waals surface area (Å²) in [7, 11) is 0. The average molecular weight is 292 g/mol. The fourth-order valence-corrected chi connectivity index (χ4v) is 4.38. The van der Waals surface area contributed by atoms with Crippen molar-refractivity contribution >= 4 is 0 Å². The van der Waals surface area contributed by atoms with Gasteiger partial charge < -0.3 is 14.8 Å². The van der Waals surface area contributed by atoms with E-state index in [0.29, 0.717) is 17.5 Å². The molecule has 1 saturated carbocycles. The third kappa shape index (κ3) is 2.49. The van der Waals surface area contributed by atoms with Crippen molar-refractivity contribution in [2.45, 2.75) is 56.8 Å². The van der Waals surface area contributed by atoms with Crippen LogP contribution in [0.15, 0.2) is 12.4 Å². The van der Waals surface area contributed by atoms with Gasteiger partial charge in [0.2, 0.25) is 0 Å². The van der Waals surface area contributed by atoms with Crippen molar-refractivity contribution in [3.63, 3.8) is 0 Å². The number of ether oxygens (including phenoxy) is 2. The van der Waals surface area contributed by atoms with E-state index in [2.05, 4.69) is 29.5 Å². The van der Waals surface area contributed by atoms with Crippen molar-refractivity contribution in [3.05, 3.63) is 12.4 Å². The summed E-state index contributed by atoms with van der Waals surface area (Å²) >= 11 is 0. The predicted molar refractivity (Wildman–Crippen MR) is 76.9 cm³/mol. The van der Waals surface area contributed by atoms with Crippen LogP contribution in [0.4, 0.5) is 0 Å². The molecule has 3 heterocycles. The highest BCUT2D eigenvalue weighted by atomic mass is 16.5. The molecular formula is C15H24N4O2. The van der Waals surface area contributed by atoms with Crippen LogP contribution in [0.25, 0.3) is 0 Å². The summed E-state index contributed by atoms with van der Waals surface area (Å²) < 4.78 is 13.5. The van der Waals surface area contributed by atoms with Gasteiger partial charge >= 0.3 is 0 Å². The molecule has 0 unspecified atom stereocenters. The Bertz CT molecular complexity index is 496. The molecule has 116 valence electrons. The zero-order valence-electron chi connectivity index (χ0n) is 12.8. The molecule has 2 saturated heterocycles. The number of rotatable bonds is 3. The molecule has 0 bridgehead atoms. The van der Waals surface area contributed by atoms with Gasteiger partial charge in [-0.3, -0.25) is 0 Å². The van der Waals surface area contributed by atoms with Crippen LogP contribution in [0.3, 0.4) is 0 Å². The molecule has 4 rings (SSSR count). The molecule has 1 aliphatic carbocycles. The van der Waals surface area contributed by atoms with Crippen molar-refractivity contribution in [3.8, 4) is 0 Å². The summed E-state index contributed by atoms with van der Waals surface area (Å²) in [4.78, 5) is 0. The van der Waals surface area contributed by atoms with Gasteiger partial charge in [-0.15, -0.1) is 5.10 Å². The Morgan fingerprint density at radius 1 is 1.29 bits per heavy atom. The molecule has 6 nitrogen and oxygen atoms in total. The Balaban J connectivity index is 1.34. The largest absolute Gasteiger partial charge is 0.377 e. The van der Waals surface area contributed by atoms with Crippen molar-refractivity contribution < 1.29 is 9.47 Å². The Kier molecular flexibility index (Phi) is 3.10. The Morgan fingerprint density at radius 3 is 2.81 bits per heavy atom. The second-order valence-electron chi connectivity index (χ2n) is 7.59. The molecule has 1 aromatic heterocycles. The number of nitrogens with zero attached hydrogens (tertiary/aromatic N) is 3. The second-order valence-corrected chi connectivity index (χ2v) is 7.59. The molecule has 0 aromatic carbocycles. The van der Waals surface area contributed by atoms with E-state index in [1.807, 2.05) is 10.9 Å². The number of hydrogen-bond donors (Lipinski definition) is 1. The van der Waals surface area contributed by atoms with Gasteiger partial charge in [0, 0.05) is 12.2 Å². The summed E-state index contributed by atoms with van der Waals surface area (Å²) in [5.74, 6) is 0. The van der Waals surface area contributed by atoms with Crippen molar-refractivity contribution in [1.29, 1.82) is 0 Å². The first-order valence-corrected chi connectivity index (χ1v) is 7.89. The zero-order chi connectivity index (χ0) is 14.5. The molecule has 1 N–H and O–H groups in total. The SMILES string of the molecule is CC1(C)CC2(CO1)CC(N[C@@H]1COC[C@@H]1n1ccnn1)C2. The molecule has 2 aliphatic heterocycles. The number of hydrogen-bond acceptors (Lipinski definition) is 5. The second kappa shape index (κ2) is 4.76. The minimum absolute atomic E-state index is 0.0602. The van der Waals surface area contributed by atoms with Crippen LogP contribution in [0.1, 0.15) is 39.2 Å². The van der Waals surface area contributed by atoms with Gasteiger partial charge in [-0.05, 0) is 38.5 Å². The minimum atomic E-state index is 0.0602. The first-order valence-electron chi connectivity index (χ1n) is 7.89. The van der Waals surface area contributed by atoms with E-state index < -0.39 is 0 Å². The molecule has 0 radical (unpaired) electrons. The van der Waals surface area contributed by atoms with Crippen LogP contribution in [-0.2, 0) is 9.47 Å². The first-order chi connectivity index (χ1) is 10.1. The van der Waals surface area contributed by atoms with E-state index in [1.54, 1.807) is 6.20 Å². The van der Waals surface area contributed by atoms with Gasteiger partial charge in [0.15, 0.2) is 0 Å². The summed E-state index contributed by atoms with van der Waals surface area (Å²) in [5, 5.41) is 11.8. The van der Waals surface area contributed by atoms with Crippen LogP contribution in [0.2, 0.25) is 0 Å². The van der Waals surface area contributed by atoms with Gasteiger partial charge in [-0.25, -0.2) is 4.68 Å². The van der Waals surface area contributed by atoms with Gasteiger partial charge in [0.05, 0.1) is 43.7 Å². The van der Waals surface area contributed by atoms with Gasteiger partial charge in [0.25, 0.3) is 0 Å². The van der Waals surface area contributed by atoms with Crippen molar-refractivity contribution in [1.82, 2.24) is 20.3 Å². The number of nitrogens with one attached hydrogen (secondary N) is 1.